The van der Waals surface area contributed by atoms with Crippen LogP contribution in [0, 0.1) is 11.3 Å². The van der Waals surface area contributed by atoms with E-state index in [2.05, 4.69) is 27.0 Å². The van der Waals surface area contributed by atoms with Crippen LogP contribution in [0.4, 0.5) is 0 Å². The van der Waals surface area contributed by atoms with Gasteiger partial charge in [0.25, 0.3) is 5.91 Å². The van der Waals surface area contributed by atoms with Crippen molar-refractivity contribution in [3.8, 4) is 6.07 Å². The summed E-state index contributed by atoms with van der Waals surface area (Å²) < 4.78 is 0. The van der Waals surface area contributed by atoms with Crippen LogP contribution in [0.3, 0.4) is 0 Å². The van der Waals surface area contributed by atoms with Crippen LogP contribution in [0.2, 0.25) is 5.02 Å². The summed E-state index contributed by atoms with van der Waals surface area (Å²) in [7, 11) is 3.44. The molecular weight excluding hydrogens is 508 g/mol. The topological polar surface area (TPSA) is 132 Å². The molecule has 37 heavy (non-hydrogen) atoms. The summed E-state index contributed by atoms with van der Waals surface area (Å²) in [5.41, 5.74) is 10.8. The van der Waals surface area contributed by atoms with Gasteiger partial charge in [0.05, 0.1) is 18.2 Å². The summed E-state index contributed by atoms with van der Waals surface area (Å²) in [6, 6.07) is 15.3. The fourth-order valence-electron chi connectivity index (χ4n) is 3.65. The number of carbonyl (C=O) groups is 2. The Morgan fingerprint density at radius 1 is 1.30 bits per heavy atom. The van der Waals surface area contributed by atoms with Crippen molar-refractivity contribution in [2.24, 2.45) is 10.7 Å². The fraction of sp³-hybridized carbons (Fsp3) is 0.296. The number of nitrogens with two attached hydrogens (primary N) is 1. The molecule has 1 amide bonds. The molecule has 5 N–H and O–H groups in total. The quantitative estimate of drug-likeness (QED) is 0.127. The minimum atomic E-state index is -0.668. The molecule has 1 aliphatic carbocycles. The Balaban J connectivity index is 0.000000877. The summed E-state index contributed by atoms with van der Waals surface area (Å²) in [6.45, 7) is 2.49. The second-order valence-corrected chi connectivity index (χ2v) is 9.27. The molecule has 1 aliphatic rings. The number of benzene rings is 2. The third kappa shape index (κ3) is 8.50. The molecule has 10 heteroatoms. The molecule has 0 saturated heterocycles. The lowest BCUT2D eigenvalue weighted by atomic mass is 9.97. The lowest BCUT2D eigenvalue weighted by molar-refractivity contribution is -0.131. The van der Waals surface area contributed by atoms with Gasteiger partial charge in [-0.25, -0.2) is 0 Å². The monoisotopic (exact) mass is 538 g/mol. The van der Waals surface area contributed by atoms with Gasteiger partial charge in [-0.15, -0.1) is 0 Å². The van der Waals surface area contributed by atoms with Crippen LogP contribution in [0.1, 0.15) is 42.0 Å². The third-order valence-electron chi connectivity index (χ3n) is 5.63. The van der Waals surface area contributed by atoms with Crippen molar-refractivity contribution in [1.29, 1.82) is 5.26 Å². The van der Waals surface area contributed by atoms with Crippen molar-refractivity contribution >= 4 is 52.8 Å². The van der Waals surface area contributed by atoms with Crippen LogP contribution in [0.15, 0.2) is 53.2 Å². The summed E-state index contributed by atoms with van der Waals surface area (Å²) in [6.07, 6.45) is 3.79. The largest absolute Gasteiger partial charge is 0.402 e. The molecule has 2 aromatic carbocycles. The highest BCUT2D eigenvalue weighted by Gasteiger charge is 2.45. The highest BCUT2D eigenvalue weighted by Crippen LogP contribution is 2.47. The number of halogens is 1. The van der Waals surface area contributed by atoms with Crippen molar-refractivity contribution in [2.75, 3.05) is 20.6 Å². The first-order valence-corrected chi connectivity index (χ1v) is 12.3. The number of nitriles is 1. The van der Waals surface area contributed by atoms with E-state index in [1.165, 1.54) is 0 Å². The SMILES string of the molecule is CN=C/C(=C(/C)N)c1cc(Cl)cc(C2(NC(=S)c3ccccc3CNC(=O)C=O)CC2)c1.CNCC#N. The van der Waals surface area contributed by atoms with Crippen LogP contribution < -0.4 is 21.7 Å². The van der Waals surface area contributed by atoms with E-state index in [-0.39, 0.29) is 18.4 Å². The van der Waals surface area contributed by atoms with Gasteiger partial charge < -0.3 is 21.7 Å². The number of nitrogens with zero attached hydrogens (tertiary/aromatic N) is 2. The van der Waals surface area contributed by atoms with Crippen LogP contribution in [0.5, 0.6) is 0 Å². The standard InChI is InChI=1S/C24H25ClN4O2S.C3H6N2/c1-15(26)21(13-27-2)17-9-18(11-19(25)10-17)24(7-8-24)29-23(32)20-6-4-3-5-16(20)12-28-22(31)14-30;1-5-3-2-4/h3-6,9-11,13-14H,7-8,12,26H2,1-2H3,(H,28,31)(H,29,32);5H,3H2,1H3/b21-15+,27-13?;. The number of aldehydes is 1. The molecular formula is C27H31ClN6O2S. The number of aliphatic imine (C=N–C) groups is 1. The molecule has 0 atom stereocenters. The Kier molecular flexibility index (Phi) is 11.4. The number of rotatable bonds is 9. The van der Waals surface area contributed by atoms with E-state index in [1.54, 1.807) is 20.3 Å². The molecule has 1 saturated carbocycles. The van der Waals surface area contributed by atoms with Gasteiger partial charge in [0, 0.05) is 41.7 Å². The molecule has 8 nitrogen and oxygen atoms in total. The lowest BCUT2D eigenvalue weighted by Crippen LogP contribution is -2.35. The average Bonchev–Trinajstić information content (AvgIpc) is 3.66. The molecule has 0 aliphatic heterocycles. The Bertz CT molecular complexity index is 1240. The normalized spacial score (nSPS) is 13.9. The van der Waals surface area contributed by atoms with Crippen molar-refractivity contribution < 1.29 is 9.59 Å². The molecule has 0 aromatic heterocycles. The Hall–Kier alpha value is -3.58. The van der Waals surface area contributed by atoms with Gasteiger partial charge in [-0.2, -0.15) is 5.26 Å². The van der Waals surface area contributed by atoms with E-state index < -0.39 is 5.91 Å². The zero-order valence-corrected chi connectivity index (χ0v) is 22.7. The molecule has 194 valence electrons. The van der Waals surface area contributed by atoms with E-state index in [9.17, 15) is 9.59 Å². The van der Waals surface area contributed by atoms with E-state index >= 15 is 0 Å². The zero-order chi connectivity index (χ0) is 27.4. The Labute approximate surface area is 228 Å². The number of hydrogen-bond acceptors (Lipinski definition) is 7. The smallest absolute Gasteiger partial charge is 0.284 e. The van der Waals surface area contributed by atoms with Gasteiger partial charge in [0.2, 0.25) is 6.29 Å². The predicted molar refractivity (Wildman–Crippen MR) is 152 cm³/mol. The molecule has 0 heterocycles. The third-order valence-corrected chi connectivity index (χ3v) is 6.17. The number of allylic oxidation sites excluding steroid dienone is 2. The average molecular weight is 539 g/mol. The highest BCUT2D eigenvalue weighted by atomic mass is 35.5. The van der Waals surface area contributed by atoms with E-state index in [0.29, 0.717) is 22.3 Å². The maximum atomic E-state index is 11.3. The van der Waals surface area contributed by atoms with E-state index in [0.717, 1.165) is 40.7 Å². The van der Waals surface area contributed by atoms with Gasteiger partial charge in [-0.1, -0.05) is 48.1 Å². The second kappa shape index (κ2) is 14.2. The van der Waals surface area contributed by atoms with Crippen molar-refractivity contribution in [2.45, 2.75) is 31.8 Å². The Morgan fingerprint density at radius 3 is 2.54 bits per heavy atom. The van der Waals surface area contributed by atoms with Crippen molar-refractivity contribution in [1.82, 2.24) is 16.0 Å². The number of amides is 1. The molecule has 0 unspecified atom stereocenters. The molecule has 2 aromatic rings. The number of hydrogen-bond donors (Lipinski definition) is 4. The molecule has 0 radical (unpaired) electrons. The van der Waals surface area contributed by atoms with Crippen molar-refractivity contribution in [3.63, 3.8) is 0 Å². The van der Waals surface area contributed by atoms with Gasteiger partial charge in [0.1, 0.15) is 4.99 Å². The molecule has 3 rings (SSSR count). The predicted octanol–water partition coefficient (Wildman–Crippen LogP) is 3.23. The Morgan fingerprint density at radius 2 is 2.00 bits per heavy atom. The second-order valence-electron chi connectivity index (χ2n) is 8.43. The first kappa shape index (κ1) is 29.6. The minimum Gasteiger partial charge on any atom is -0.402 e. The van der Waals surface area contributed by atoms with Crippen LogP contribution >= 0.6 is 23.8 Å². The molecule has 0 spiro atoms. The van der Waals surface area contributed by atoms with Crippen LogP contribution in [0.25, 0.3) is 5.57 Å². The minimum absolute atomic E-state index is 0.212. The maximum absolute atomic E-state index is 11.3. The van der Waals surface area contributed by atoms with Gasteiger partial charge >= 0.3 is 0 Å². The summed E-state index contributed by atoms with van der Waals surface area (Å²) >= 11 is 12.2. The zero-order valence-electron chi connectivity index (χ0n) is 21.1. The molecule has 1 fully saturated rings. The lowest BCUT2D eigenvalue weighted by Gasteiger charge is -2.22. The number of carbonyl (C=O) groups excluding carboxylic acids is 2. The van der Waals surface area contributed by atoms with Gasteiger partial charge in [-0.3, -0.25) is 14.6 Å². The molecule has 0 bridgehead atoms. The van der Waals surface area contributed by atoms with Gasteiger partial charge in [0.15, 0.2) is 0 Å². The first-order valence-electron chi connectivity index (χ1n) is 11.6. The van der Waals surface area contributed by atoms with Crippen LogP contribution in [-0.2, 0) is 21.7 Å². The number of thiocarbonyl (C=S) groups is 1. The summed E-state index contributed by atoms with van der Waals surface area (Å²) in [4.78, 5) is 26.6. The van der Waals surface area contributed by atoms with Gasteiger partial charge in [-0.05, 0) is 61.7 Å². The first-order chi connectivity index (χ1) is 17.7. The number of nitrogens with one attached hydrogen (secondary N) is 3. The van der Waals surface area contributed by atoms with E-state index in [4.69, 9.17) is 34.8 Å². The summed E-state index contributed by atoms with van der Waals surface area (Å²) in [5, 5.41) is 17.1. The fourth-order valence-corrected chi connectivity index (χ4v) is 4.28. The van der Waals surface area contributed by atoms with Crippen molar-refractivity contribution in [3.05, 3.63) is 75.4 Å². The summed E-state index contributed by atoms with van der Waals surface area (Å²) in [5.74, 6) is -0.668. The van der Waals surface area contributed by atoms with E-state index in [1.807, 2.05) is 49.4 Å². The maximum Gasteiger partial charge on any atom is 0.284 e. The van der Waals surface area contributed by atoms with Crippen LogP contribution in [-0.4, -0.2) is 44.0 Å². The highest BCUT2D eigenvalue weighted by molar-refractivity contribution is 7.80.